The molecule has 0 spiro atoms. The minimum absolute atomic E-state index is 0.335. The van der Waals surface area contributed by atoms with E-state index in [1.54, 1.807) is 7.11 Å². The molecule has 1 fully saturated rings. The van der Waals surface area contributed by atoms with Gasteiger partial charge in [-0.05, 0) is 45.6 Å². The molecule has 1 aliphatic carbocycles. The summed E-state index contributed by atoms with van der Waals surface area (Å²) in [6.45, 7) is 8.76. The maximum Gasteiger partial charge on any atom is 0.0505 e. The first kappa shape index (κ1) is 13.9. The number of methoxy groups -OCH3 is 1. The van der Waals surface area contributed by atoms with Crippen LogP contribution in [0.1, 0.15) is 40.0 Å². The van der Waals surface area contributed by atoms with Crippen molar-refractivity contribution in [2.75, 3.05) is 20.3 Å². The summed E-state index contributed by atoms with van der Waals surface area (Å²) in [6.07, 6.45) is 3.58. The van der Waals surface area contributed by atoms with Crippen molar-refractivity contribution in [2.45, 2.75) is 58.2 Å². The highest BCUT2D eigenvalue weighted by molar-refractivity contribution is 4.87. The van der Waals surface area contributed by atoms with Gasteiger partial charge in [-0.3, -0.25) is 4.90 Å². The Morgan fingerprint density at radius 1 is 1.38 bits per heavy atom. The molecule has 1 rings (SSSR count). The third-order valence-corrected chi connectivity index (χ3v) is 3.89. The van der Waals surface area contributed by atoms with Crippen LogP contribution in [0.2, 0.25) is 0 Å². The molecule has 3 heteroatoms. The van der Waals surface area contributed by atoms with E-state index in [0.29, 0.717) is 24.0 Å². The van der Waals surface area contributed by atoms with E-state index in [-0.39, 0.29) is 0 Å². The van der Waals surface area contributed by atoms with E-state index in [1.165, 1.54) is 12.8 Å². The van der Waals surface area contributed by atoms with Crippen LogP contribution in [0.5, 0.6) is 0 Å². The van der Waals surface area contributed by atoms with Crippen molar-refractivity contribution < 1.29 is 4.74 Å². The highest BCUT2D eigenvalue weighted by atomic mass is 16.5. The Bertz CT molecular complexity index is 196. The predicted molar refractivity (Wildman–Crippen MR) is 68.5 cm³/mol. The second-order valence-electron chi connectivity index (χ2n) is 5.27. The first-order valence-corrected chi connectivity index (χ1v) is 6.60. The highest BCUT2D eigenvalue weighted by Crippen LogP contribution is 2.28. The van der Waals surface area contributed by atoms with Gasteiger partial charge in [0.1, 0.15) is 0 Å². The van der Waals surface area contributed by atoms with Gasteiger partial charge in [0.2, 0.25) is 0 Å². The average molecular weight is 228 g/mol. The molecule has 3 nitrogen and oxygen atoms in total. The Kier molecular flexibility index (Phi) is 5.73. The first-order valence-electron chi connectivity index (χ1n) is 6.60. The van der Waals surface area contributed by atoms with Gasteiger partial charge in [-0.25, -0.2) is 0 Å². The summed E-state index contributed by atoms with van der Waals surface area (Å²) in [6, 6.07) is 1.67. The van der Waals surface area contributed by atoms with Crippen LogP contribution in [-0.2, 0) is 4.74 Å². The molecule has 0 aromatic carbocycles. The molecule has 0 aromatic heterocycles. The molecule has 0 aliphatic heterocycles. The number of hydrogen-bond donors (Lipinski definition) is 1. The van der Waals surface area contributed by atoms with E-state index >= 15 is 0 Å². The summed E-state index contributed by atoms with van der Waals surface area (Å²) in [7, 11) is 1.77. The van der Waals surface area contributed by atoms with Gasteiger partial charge in [-0.2, -0.15) is 0 Å². The largest absolute Gasteiger partial charge is 0.384 e. The standard InChI is InChI=1S/C13H28N2O/c1-5-15(10(2)3)12-6-7-13(14)11(8-12)9-16-4/h10-13H,5-9,14H2,1-4H3/t11-,12+,13-/m0/s1. The average Bonchev–Trinajstić information content (AvgIpc) is 2.23. The fourth-order valence-electron chi connectivity index (χ4n) is 3.01. The Hall–Kier alpha value is -0.120. The first-order chi connectivity index (χ1) is 7.60. The van der Waals surface area contributed by atoms with Crippen molar-refractivity contribution in [3.63, 3.8) is 0 Å². The zero-order chi connectivity index (χ0) is 12.1. The Morgan fingerprint density at radius 2 is 2.06 bits per heavy atom. The molecule has 0 radical (unpaired) electrons. The van der Waals surface area contributed by atoms with E-state index in [2.05, 4.69) is 25.7 Å². The monoisotopic (exact) mass is 228 g/mol. The van der Waals surface area contributed by atoms with Crippen LogP contribution in [0.3, 0.4) is 0 Å². The zero-order valence-electron chi connectivity index (χ0n) is 11.3. The maximum atomic E-state index is 6.15. The molecule has 0 unspecified atom stereocenters. The topological polar surface area (TPSA) is 38.5 Å². The molecule has 16 heavy (non-hydrogen) atoms. The lowest BCUT2D eigenvalue weighted by Crippen LogP contribution is -2.48. The number of nitrogens with zero attached hydrogens (tertiary/aromatic N) is 1. The van der Waals surface area contributed by atoms with E-state index in [1.807, 2.05) is 0 Å². The van der Waals surface area contributed by atoms with Crippen molar-refractivity contribution in [2.24, 2.45) is 11.7 Å². The quantitative estimate of drug-likeness (QED) is 0.780. The van der Waals surface area contributed by atoms with Crippen molar-refractivity contribution in [1.82, 2.24) is 4.90 Å². The summed E-state index contributed by atoms with van der Waals surface area (Å²) in [5.74, 6) is 0.538. The van der Waals surface area contributed by atoms with Crippen LogP contribution in [-0.4, -0.2) is 43.3 Å². The molecule has 1 aliphatic rings. The summed E-state index contributed by atoms with van der Waals surface area (Å²) in [5.41, 5.74) is 6.15. The summed E-state index contributed by atoms with van der Waals surface area (Å²) >= 11 is 0. The van der Waals surface area contributed by atoms with Gasteiger partial charge in [-0.1, -0.05) is 6.92 Å². The molecule has 0 aromatic rings. The van der Waals surface area contributed by atoms with Gasteiger partial charge in [0, 0.05) is 25.2 Å². The fourth-order valence-corrected chi connectivity index (χ4v) is 3.01. The minimum atomic E-state index is 0.335. The maximum absolute atomic E-state index is 6.15. The molecule has 1 saturated carbocycles. The lowest BCUT2D eigenvalue weighted by molar-refractivity contribution is 0.0579. The van der Waals surface area contributed by atoms with E-state index in [4.69, 9.17) is 10.5 Å². The predicted octanol–water partition coefficient (Wildman–Crippen LogP) is 1.86. The van der Waals surface area contributed by atoms with Gasteiger partial charge in [-0.15, -0.1) is 0 Å². The summed E-state index contributed by atoms with van der Waals surface area (Å²) in [4.78, 5) is 2.59. The van der Waals surface area contributed by atoms with E-state index in [9.17, 15) is 0 Å². The molecule has 0 heterocycles. The third kappa shape index (κ3) is 3.44. The van der Waals surface area contributed by atoms with Crippen molar-refractivity contribution >= 4 is 0 Å². The fraction of sp³-hybridized carbons (Fsp3) is 1.00. The number of ether oxygens (including phenoxy) is 1. The Balaban J connectivity index is 2.56. The highest BCUT2D eigenvalue weighted by Gasteiger charge is 2.31. The molecule has 96 valence electrons. The summed E-state index contributed by atoms with van der Waals surface area (Å²) < 4.78 is 5.28. The van der Waals surface area contributed by atoms with Crippen molar-refractivity contribution in [1.29, 1.82) is 0 Å². The minimum Gasteiger partial charge on any atom is -0.384 e. The zero-order valence-corrected chi connectivity index (χ0v) is 11.3. The second kappa shape index (κ2) is 6.58. The number of nitrogens with two attached hydrogens (primary N) is 1. The summed E-state index contributed by atoms with van der Waals surface area (Å²) in [5, 5.41) is 0. The number of rotatable bonds is 5. The molecule has 0 saturated heterocycles. The normalized spacial score (nSPS) is 31.3. The van der Waals surface area contributed by atoms with Gasteiger partial charge < -0.3 is 10.5 Å². The SMILES string of the molecule is CCN(C(C)C)[C@@H]1CC[C@H](N)[C@H](COC)C1. The van der Waals surface area contributed by atoms with Gasteiger partial charge >= 0.3 is 0 Å². The molecule has 0 amide bonds. The third-order valence-electron chi connectivity index (χ3n) is 3.89. The van der Waals surface area contributed by atoms with Gasteiger partial charge in [0.25, 0.3) is 0 Å². The Morgan fingerprint density at radius 3 is 2.56 bits per heavy atom. The number of hydrogen-bond acceptors (Lipinski definition) is 3. The van der Waals surface area contributed by atoms with Crippen molar-refractivity contribution in [3.05, 3.63) is 0 Å². The lowest BCUT2D eigenvalue weighted by atomic mass is 9.81. The molecule has 0 bridgehead atoms. The van der Waals surface area contributed by atoms with Gasteiger partial charge in [0.05, 0.1) is 6.61 Å². The molecular formula is C13H28N2O. The van der Waals surface area contributed by atoms with E-state index in [0.717, 1.165) is 19.6 Å². The van der Waals surface area contributed by atoms with Crippen LogP contribution >= 0.6 is 0 Å². The van der Waals surface area contributed by atoms with Crippen LogP contribution in [0.4, 0.5) is 0 Å². The molecule has 2 N–H and O–H groups in total. The van der Waals surface area contributed by atoms with Crippen LogP contribution in [0.15, 0.2) is 0 Å². The van der Waals surface area contributed by atoms with Crippen LogP contribution < -0.4 is 5.73 Å². The van der Waals surface area contributed by atoms with Crippen LogP contribution in [0.25, 0.3) is 0 Å². The Labute approximate surface area is 100 Å². The van der Waals surface area contributed by atoms with Gasteiger partial charge in [0.15, 0.2) is 0 Å². The lowest BCUT2D eigenvalue weighted by Gasteiger charge is -2.41. The smallest absolute Gasteiger partial charge is 0.0505 e. The van der Waals surface area contributed by atoms with Crippen molar-refractivity contribution in [3.8, 4) is 0 Å². The molecule has 3 atom stereocenters. The van der Waals surface area contributed by atoms with E-state index < -0.39 is 0 Å². The van der Waals surface area contributed by atoms with Crippen LogP contribution in [0, 0.1) is 5.92 Å². The second-order valence-corrected chi connectivity index (χ2v) is 5.27. The molecular weight excluding hydrogens is 200 g/mol.